The first-order chi connectivity index (χ1) is 7.09. The molecule has 2 rings (SSSR count). The normalized spacial score (nSPS) is 12.9. The van der Waals surface area contributed by atoms with Gasteiger partial charge in [-0.3, -0.25) is 9.89 Å². The van der Waals surface area contributed by atoms with Crippen LogP contribution in [0.15, 0.2) is 18.2 Å². The van der Waals surface area contributed by atoms with Crippen molar-refractivity contribution >= 4 is 16.9 Å². The summed E-state index contributed by atoms with van der Waals surface area (Å²) in [6.45, 7) is 1.56. The third-order valence-corrected chi connectivity index (χ3v) is 2.41. The summed E-state index contributed by atoms with van der Waals surface area (Å²) in [4.78, 5) is 10.7. The van der Waals surface area contributed by atoms with Crippen molar-refractivity contribution in [1.82, 2.24) is 10.2 Å². The third-order valence-electron chi connectivity index (χ3n) is 2.41. The first-order valence-corrected chi connectivity index (χ1v) is 4.46. The molecule has 0 aliphatic rings. The van der Waals surface area contributed by atoms with Crippen LogP contribution in [0.3, 0.4) is 0 Å². The Hall–Kier alpha value is -1.91. The van der Waals surface area contributed by atoms with Gasteiger partial charge in [-0.2, -0.15) is 4.39 Å². The van der Waals surface area contributed by atoms with Crippen LogP contribution in [0.5, 0.6) is 0 Å². The molecule has 78 valence electrons. The van der Waals surface area contributed by atoms with Gasteiger partial charge in [-0.15, -0.1) is 5.10 Å². The van der Waals surface area contributed by atoms with E-state index in [0.717, 1.165) is 0 Å². The van der Waals surface area contributed by atoms with E-state index in [2.05, 4.69) is 10.2 Å². The summed E-state index contributed by atoms with van der Waals surface area (Å²) in [5, 5.41) is 15.0. The van der Waals surface area contributed by atoms with Gasteiger partial charge in [0, 0.05) is 0 Å². The Balaban J connectivity index is 2.54. The van der Waals surface area contributed by atoms with E-state index >= 15 is 0 Å². The maximum Gasteiger partial charge on any atom is 0.310 e. The molecule has 0 saturated carbocycles. The molecule has 1 aromatic heterocycles. The molecule has 1 atom stereocenters. The van der Waals surface area contributed by atoms with Crippen LogP contribution < -0.4 is 0 Å². The Kier molecular flexibility index (Phi) is 2.15. The van der Waals surface area contributed by atoms with Crippen LogP contribution in [0.2, 0.25) is 0 Å². The molecule has 2 N–H and O–H groups in total. The fraction of sp³-hybridized carbons (Fsp3) is 0.200. The molecule has 0 aliphatic heterocycles. The van der Waals surface area contributed by atoms with Gasteiger partial charge in [-0.1, -0.05) is 6.07 Å². The topological polar surface area (TPSA) is 66.0 Å². The van der Waals surface area contributed by atoms with E-state index in [1.54, 1.807) is 19.1 Å². The molecule has 5 heteroatoms. The minimum atomic E-state index is -0.932. The molecule has 0 spiro atoms. The number of aliphatic carboxylic acids is 1. The number of halogens is 1. The highest BCUT2D eigenvalue weighted by Crippen LogP contribution is 2.22. The second-order valence-corrected chi connectivity index (χ2v) is 3.38. The maximum atomic E-state index is 13.1. The Morgan fingerprint density at radius 3 is 3.00 bits per heavy atom. The van der Waals surface area contributed by atoms with E-state index in [4.69, 9.17) is 5.11 Å². The monoisotopic (exact) mass is 208 g/mol. The minimum absolute atomic E-state index is 0.320. The third kappa shape index (κ3) is 1.56. The number of hydrogen-bond acceptors (Lipinski definition) is 2. The number of hydrogen-bond donors (Lipinski definition) is 2. The van der Waals surface area contributed by atoms with Crippen LogP contribution in [0, 0.1) is 5.95 Å². The number of carbonyl (C=O) groups is 1. The van der Waals surface area contributed by atoms with Crippen molar-refractivity contribution in [2.75, 3.05) is 0 Å². The number of rotatable bonds is 2. The van der Waals surface area contributed by atoms with Gasteiger partial charge in [-0.25, -0.2) is 0 Å². The zero-order valence-electron chi connectivity index (χ0n) is 7.99. The number of aromatic amines is 1. The summed E-state index contributed by atoms with van der Waals surface area (Å²) in [5.74, 6) is -2.19. The molecule has 1 aromatic carbocycles. The predicted octanol–water partition coefficient (Wildman–Crippen LogP) is 1.89. The van der Waals surface area contributed by atoms with Gasteiger partial charge < -0.3 is 5.11 Å². The smallest absolute Gasteiger partial charge is 0.310 e. The van der Waals surface area contributed by atoms with Crippen molar-refractivity contribution in [3.8, 4) is 0 Å². The SMILES string of the molecule is CC(C(=O)O)c1ccc2[nH]nc(F)c2c1. The number of fused-ring (bicyclic) bond motifs is 1. The van der Waals surface area contributed by atoms with Gasteiger partial charge >= 0.3 is 5.97 Å². The first kappa shape index (κ1) is 9.64. The molecule has 2 aromatic rings. The molecule has 1 unspecified atom stereocenters. The Bertz CT molecular complexity index is 521. The zero-order chi connectivity index (χ0) is 11.0. The van der Waals surface area contributed by atoms with Crippen LogP contribution in [0.25, 0.3) is 10.9 Å². The van der Waals surface area contributed by atoms with Crippen molar-refractivity contribution in [2.24, 2.45) is 0 Å². The van der Waals surface area contributed by atoms with E-state index in [1.165, 1.54) is 6.07 Å². The van der Waals surface area contributed by atoms with Gasteiger partial charge in [-0.05, 0) is 24.6 Å². The lowest BCUT2D eigenvalue weighted by atomic mass is 10.0. The lowest BCUT2D eigenvalue weighted by Gasteiger charge is -2.05. The molecule has 0 fully saturated rings. The average Bonchev–Trinajstić information content (AvgIpc) is 2.59. The van der Waals surface area contributed by atoms with Crippen LogP contribution in [-0.2, 0) is 4.79 Å². The van der Waals surface area contributed by atoms with Gasteiger partial charge in [0.25, 0.3) is 0 Å². The number of aromatic nitrogens is 2. The largest absolute Gasteiger partial charge is 0.481 e. The fourth-order valence-electron chi connectivity index (χ4n) is 1.41. The molecule has 0 amide bonds. The lowest BCUT2D eigenvalue weighted by molar-refractivity contribution is -0.138. The molecule has 4 nitrogen and oxygen atoms in total. The second-order valence-electron chi connectivity index (χ2n) is 3.38. The molecule has 0 saturated heterocycles. The van der Waals surface area contributed by atoms with E-state index in [0.29, 0.717) is 16.5 Å². The second kappa shape index (κ2) is 3.34. The summed E-state index contributed by atoms with van der Waals surface area (Å²) in [6.07, 6.45) is 0. The van der Waals surface area contributed by atoms with Crippen molar-refractivity contribution in [3.05, 3.63) is 29.7 Å². The standard InChI is InChI=1S/C10H9FN2O2/c1-5(10(14)15)6-2-3-8-7(4-6)9(11)13-12-8/h2-5H,1H3,(H,12,13)(H,14,15). The quantitative estimate of drug-likeness (QED) is 0.791. The summed E-state index contributed by atoms with van der Waals surface area (Å²) >= 11 is 0. The number of nitrogens with zero attached hydrogens (tertiary/aromatic N) is 1. The highest BCUT2D eigenvalue weighted by Gasteiger charge is 2.15. The summed E-state index contributed by atoms with van der Waals surface area (Å²) < 4.78 is 13.1. The lowest BCUT2D eigenvalue weighted by Crippen LogP contribution is -2.06. The minimum Gasteiger partial charge on any atom is -0.481 e. The van der Waals surface area contributed by atoms with Gasteiger partial charge in [0.2, 0.25) is 5.95 Å². The number of H-pyrrole nitrogens is 1. The zero-order valence-corrected chi connectivity index (χ0v) is 7.99. The summed E-state index contributed by atoms with van der Waals surface area (Å²) in [6, 6.07) is 4.78. The molecule has 0 aliphatic carbocycles. The number of benzene rings is 1. The highest BCUT2D eigenvalue weighted by atomic mass is 19.1. The van der Waals surface area contributed by atoms with Crippen molar-refractivity contribution in [1.29, 1.82) is 0 Å². The number of nitrogens with one attached hydrogen (secondary N) is 1. The van der Waals surface area contributed by atoms with Crippen molar-refractivity contribution in [2.45, 2.75) is 12.8 Å². The summed E-state index contributed by atoms with van der Waals surface area (Å²) in [7, 11) is 0. The molecule has 15 heavy (non-hydrogen) atoms. The van der Waals surface area contributed by atoms with Crippen molar-refractivity contribution in [3.63, 3.8) is 0 Å². The average molecular weight is 208 g/mol. The molecular weight excluding hydrogens is 199 g/mol. The molecule has 0 radical (unpaired) electrons. The Morgan fingerprint density at radius 1 is 1.60 bits per heavy atom. The molecule has 0 bridgehead atoms. The van der Waals surface area contributed by atoms with Crippen LogP contribution in [-0.4, -0.2) is 21.3 Å². The molecular formula is C10H9FN2O2. The molecule has 1 heterocycles. The van der Waals surface area contributed by atoms with E-state index in [9.17, 15) is 9.18 Å². The Morgan fingerprint density at radius 2 is 2.33 bits per heavy atom. The van der Waals surface area contributed by atoms with Crippen LogP contribution in [0.1, 0.15) is 18.4 Å². The van der Waals surface area contributed by atoms with Gasteiger partial charge in [0.1, 0.15) is 0 Å². The maximum absolute atomic E-state index is 13.1. The predicted molar refractivity (Wildman–Crippen MR) is 52.1 cm³/mol. The summed E-state index contributed by atoms with van der Waals surface area (Å²) in [5.41, 5.74) is 1.13. The van der Waals surface area contributed by atoms with Crippen LogP contribution in [0.4, 0.5) is 4.39 Å². The van der Waals surface area contributed by atoms with E-state index in [1.807, 2.05) is 0 Å². The van der Waals surface area contributed by atoms with Gasteiger partial charge in [0.15, 0.2) is 0 Å². The first-order valence-electron chi connectivity index (χ1n) is 4.46. The fourth-order valence-corrected chi connectivity index (χ4v) is 1.41. The van der Waals surface area contributed by atoms with Gasteiger partial charge in [0.05, 0.1) is 16.8 Å². The van der Waals surface area contributed by atoms with E-state index < -0.39 is 17.8 Å². The number of carboxylic acid groups (broad SMARTS) is 1. The number of carboxylic acids is 1. The highest BCUT2D eigenvalue weighted by molar-refractivity contribution is 5.82. The Labute approximate surface area is 84.7 Å². The van der Waals surface area contributed by atoms with Crippen LogP contribution >= 0.6 is 0 Å². The van der Waals surface area contributed by atoms with Crippen molar-refractivity contribution < 1.29 is 14.3 Å². The van der Waals surface area contributed by atoms with E-state index in [-0.39, 0.29) is 0 Å².